The number of nitrogens with one attached hydrogen (secondary N) is 1. The second-order valence-corrected chi connectivity index (χ2v) is 4.64. The second-order valence-electron chi connectivity index (χ2n) is 4.64. The van der Waals surface area contributed by atoms with Crippen molar-refractivity contribution in [3.63, 3.8) is 0 Å². The van der Waals surface area contributed by atoms with Gasteiger partial charge in [0.25, 0.3) is 0 Å². The summed E-state index contributed by atoms with van der Waals surface area (Å²) in [5.41, 5.74) is 1.94. The third-order valence-electron chi connectivity index (χ3n) is 3.43. The molecule has 0 saturated heterocycles. The van der Waals surface area contributed by atoms with Crippen LogP contribution in [0.25, 0.3) is 0 Å². The first-order chi connectivity index (χ1) is 8.13. The van der Waals surface area contributed by atoms with Gasteiger partial charge in [0.1, 0.15) is 5.82 Å². The molecule has 0 radical (unpaired) electrons. The molecule has 17 heavy (non-hydrogen) atoms. The molecule has 2 heteroatoms. The van der Waals surface area contributed by atoms with E-state index in [2.05, 4.69) is 26.1 Å². The molecule has 0 heterocycles. The van der Waals surface area contributed by atoms with Gasteiger partial charge in [0.2, 0.25) is 0 Å². The zero-order valence-corrected chi connectivity index (χ0v) is 11.4. The Labute approximate surface area is 104 Å². The lowest BCUT2D eigenvalue weighted by atomic mass is 9.88. The molecular weight excluding hydrogens is 213 g/mol. The fourth-order valence-corrected chi connectivity index (χ4v) is 2.41. The number of halogens is 1. The first-order valence-electron chi connectivity index (χ1n) is 6.63. The van der Waals surface area contributed by atoms with Crippen molar-refractivity contribution in [2.24, 2.45) is 5.92 Å². The summed E-state index contributed by atoms with van der Waals surface area (Å²) in [5.74, 6) is 0.402. The molecule has 0 fully saturated rings. The second kappa shape index (κ2) is 6.75. The van der Waals surface area contributed by atoms with E-state index >= 15 is 0 Å². The van der Waals surface area contributed by atoms with Gasteiger partial charge in [0.05, 0.1) is 0 Å². The van der Waals surface area contributed by atoms with Gasteiger partial charge in [-0.05, 0) is 25.5 Å². The molecule has 0 aliphatic rings. The van der Waals surface area contributed by atoms with Crippen LogP contribution in [0.2, 0.25) is 0 Å². The van der Waals surface area contributed by atoms with E-state index in [9.17, 15) is 4.39 Å². The number of aryl methyl sites for hydroxylation is 1. The summed E-state index contributed by atoms with van der Waals surface area (Å²) in [5, 5.41) is 3.43. The summed E-state index contributed by atoms with van der Waals surface area (Å²) in [6.45, 7) is 9.30. The van der Waals surface area contributed by atoms with Crippen LogP contribution in [-0.2, 0) is 0 Å². The molecule has 1 rings (SSSR count). The summed E-state index contributed by atoms with van der Waals surface area (Å²) >= 11 is 0. The highest BCUT2D eigenvalue weighted by molar-refractivity contribution is 5.27. The standard InChI is InChI=1S/C15H24FN/c1-5-12(6-2)15(17-7-3)13-10-11(4)8-9-14(13)16/h8-10,12,15,17H,5-7H2,1-4H3. The normalized spacial score (nSPS) is 13.1. The topological polar surface area (TPSA) is 12.0 Å². The van der Waals surface area contributed by atoms with E-state index in [0.29, 0.717) is 5.92 Å². The number of rotatable bonds is 6. The van der Waals surface area contributed by atoms with Crippen molar-refractivity contribution in [2.75, 3.05) is 6.54 Å². The van der Waals surface area contributed by atoms with Crippen LogP contribution in [0.15, 0.2) is 18.2 Å². The largest absolute Gasteiger partial charge is 0.310 e. The van der Waals surface area contributed by atoms with Gasteiger partial charge in [-0.25, -0.2) is 4.39 Å². The Morgan fingerprint density at radius 3 is 2.35 bits per heavy atom. The maximum absolute atomic E-state index is 13.9. The molecule has 0 amide bonds. The summed E-state index contributed by atoms with van der Waals surface area (Å²) in [6, 6.07) is 5.52. The molecule has 1 unspecified atom stereocenters. The Morgan fingerprint density at radius 2 is 1.82 bits per heavy atom. The fourth-order valence-electron chi connectivity index (χ4n) is 2.41. The molecule has 1 aromatic rings. The van der Waals surface area contributed by atoms with E-state index in [1.165, 1.54) is 0 Å². The van der Waals surface area contributed by atoms with Gasteiger partial charge in [0, 0.05) is 11.6 Å². The highest BCUT2D eigenvalue weighted by Gasteiger charge is 2.22. The van der Waals surface area contributed by atoms with E-state index in [4.69, 9.17) is 0 Å². The molecule has 1 nitrogen and oxygen atoms in total. The summed E-state index contributed by atoms with van der Waals surface area (Å²) in [7, 11) is 0. The van der Waals surface area contributed by atoms with Gasteiger partial charge in [-0.15, -0.1) is 0 Å². The summed E-state index contributed by atoms with van der Waals surface area (Å²) < 4.78 is 13.9. The van der Waals surface area contributed by atoms with E-state index < -0.39 is 0 Å². The van der Waals surface area contributed by atoms with Gasteiger partial charge >= 0.3 is 0 Å². The lowest BCUT2D eigenvalue weighted by molar-refractivity contribution is 0.337. The lowest BCUT2D eigenvalue weighted by Gasteiger charge is -2.27. The highest BCUT2D eigenvalue weighted by atomic mass is 19.1. The minimum absolute atomic E-state index is 0.0894. The predicted molar refractivity (Wildman–Crippen MR) is 71.6 cm³/mol. The van der Waals surface area contributed by atoms with E-state index in [-0.39, 0.29) is 11.9 Å². The number of hydrogen-bond donors (Lipinski definition) is 1. The molecule has 0 bridgehead atoms. The Hall–Kier alpha value is -0.890. The van der Waals surface area contributed by atoms with Crippen LogP contribution < -0.4 is 5.32 Å². The number of benzene rings is 1. The maximum Gasteiger partial charge on any atom is 0.128 e. The van der Waals surface area contributed by atoms with Crippen LogP contribution in [0.4, 0.5) is 4.39 Å². The smallest absolute Gasteiger partial charge is 0.128 e. The van der Waals surface area contributed by atoms with Crippen LogP contribution in [0.3, 0.4) is 0 Å². The molecule has 0 aliphatic heterocycles. The van der Waals surface area contributed by atoms with Crippen molar-refractivity contribution in [1.29, 1.82) is 0 Å². The number of hydrogen-bond acceptors (Lipinski definition) is 1. The van der Waals surface area contributed by atoms with E-state index in [1.54, 1.807) is 6.07 Å². The third-order valence-corrected chi connectivity index (χ3v) is 3.43. The van der Waals surface area contributed by atoms with Gasteiger partial charge in [0.15, 0.2) is 0 Å². The van der Waals surface area contributed by atoms with Crippen LogP contribution in [0.1, 0.15) is 50.8 Å². The van der Waals surface area contributed by atoms with Crippen molar-refractivity contribution in [2.45, 2.75) is 46.6 Å². The van der Waals surface area contributed by atoms with Gasteiger partial charge < -0.3 is 5.32 Å². The van der Waals surface area contributed by atoms with Crippen molar-refractivity contribution < 1.29 is 4.39 Å². The van der Waals surface area contributed by atoms with E-state index in [1.807, 2.05) is 19.1 Å². The quantitative estimate of drug-likeness (QED) is 0.781. The van der Waals surface area contributed by atoms with Gasteiger partial charge in [-0.1, -0.05) is 51.3 Å². The van der Waals surface area contributed by atoms with Gasteiger partial charge in [-0.3, -0.25) is 0 Å². The molecule has 96 valence electrons. The Bertz CT molecular complexity index is 345. The monoisotopic (exact) mass is 237 g/mol. The average Bonchev–Trinajstić information content (AvgIpc) is 2.33. The summed E-state index contributed by atoms with van der Waals surface area (Å²) in [4.78, 5) is 0. The first kappa shape index (κ1) is 14.2. The Kier molecular flexibility index (Phi) is 5.63. The van der Waals surface area contributed by atoms with Crippen LogP contribution in [0.5, 0.6) is 0 Å². The SMILES string of the molecule is CCNC(c1cc(C)ccc1F)C(CC)CC. The molecular formula is C15H24FN. The molecule has 1 aromatic carbocycles. The molecule has 0 aromatic heterocycles. The van der Waals surface area contributed by atoms with Gasteiger partial charge in [-0.2, -0.15) is 0 Å². The van der Waals surface area contributed by atoms with Crippen molar-refractivity contribution in [1.82, 2.24) is 5.32 Å². The molecule has 0 aliphatic carbocycles. The van der Waals surface area contributed by atoms with Crippen molar-refractivity contribution in [3.8, 4) is 0 Å². The van der Waals surface area contributed by atoms with Crippen LogP contribution in [0, 0.1) is 18.7 Å². The summed E-state index contributed by atoms with van der Waals surface area (Å²) in [6.07, 6.45) is 2.14. The Morgan fingerprint density at radius 1 is 1.18 bits per heavy atom. The maximum atomic E-state index is 13.9. The molecule has 0 saturated carbocycles. The lowest BCUT2D eigenvalue weighted by Crippen LogP contribution is -2.28. The Balaban J connectivity index is 3.07. The van der Waals surface area contributed by atoms with Crippen molar-refractivity contribution >= 4 is 0 Å². The average molecular weight is 237 g/mol. The zero-order chi connectivity index (χ0) is 12.8. The molecule has 1 atom stereocenters. The zero-order valence-electron chi connectivity index (χ0n) is 11.4. The minimum atomic E-state index is -0.0894. The van der Waals surface area contributed by atoms with Crippen LogP contribution in [-0.4, -0.2) is 6.54 Å². The highest BCUT2D eigenvalue weighted by Crippen LogP contribution is 2.29. The first-order valence-corrected chi connectivity index (χ1v) is 6.63. The van der Waals surface area contributed by atoms with E-state index in [0.717, 1.165) is 30.5 Å². The molecule has 1 N–H and O–H groups in total. The minimum Gasteiger partial charge on any atom is -0.310 e. The fraction of sp³-hybridized carbons (Fsp3) is 0.600. The predicted octanol–water partition coefficient (Wildman–Crippen LogP) is 4.22. The third kappa shape index (κ3) is 3.53. The van der Waals surface area contributed by atoms with Crippen LogP contribution >= 0.6 is 0 Å². The molecule has 0 spiro atoms. The van der Waals surface area contributed by atoms with Crippen molar-refractivity contribution in [3.05, 3.63) is 35.1 Å².